The molecule has 0 heterocycles. The smallest absolute Gasteiger partial charge is 0.318 e. The van der Waals surface area contributed by atoms with E-state index in [1.165, 1.54) is 0 Å². The summed E-state index contributed by atoms with van der Waals surface area (Å²) < 4.78 is 0. The lowest BCUT2D eigenvalue weighted by molar-refractivity contribution is -0.154. The van der Waals surface area contributed by atoms with E-state index in [1.54, 1.807) is 0 Å². The summed E-state index contributed by atoms with van der Waals surface area (Å²) in [5.74, 6) is -4.43. The highest BCUT2D eigenvalue weighted by Gasteiger charge is 2.25. The Labute approximate surface area is 61.7 Å². The Morgan fingerprint density at radius 2 is 1.91 bits per heavy atom. The van der Waals surface area contributed by atoms with Crippen LogP contribution in [0, 0.1) is 5.92 Å². The molecule has 0 aromatic rings. The number of hydrogen-bond acceptors (Lipinski definition) is 2. The molecule has 0 fully saturated rings. The molecule has 0 amide bonds. The van der Waals surface area contributed by atoms with Crippen molar-refractivity contribution in [2.24, 2.45) is 5.92 Å². The quantitative estimate of drug-likeness (QED) is 0.247. The normalized spacial score (nSPS) is 8.82. The number of hydrogen-bond donors (Lipinski definition) is 2. The molecule has 0 spiro atoms. The first-order valence-corrected chi connectivity index (χ1v) is 2.71. The minimum atomic E-state index is -1.54. The van der Waals surface area contributed by atoms with Gasteiger partial charge in [0, 0.05) is 0 Å². The van der Waals surface area contributed by atoms with E-state index in [4.69, 9.17) is 15.7 Å². The molecule has 0 aliphatic carbocycles. The maximum absolute atomic E-state index is 10.1. The number of carbonyl (C=O) groups is 2. The third kappa shape index (κ3) is 3.12. The summed E-state index contributed by atoms with van der Waals surface area (Å²) in [7, 11) is 0. The second kappa shape index (κ2) is 4.19. The lowest BCUT2D eigenvalue weighted by Gasteiger charge is -1.98. The van der Waals surface area contributed by atoms with Crippen LogP contribution >= 0.6 is 0 Å². The Bertz CT molecular complexity index is 205. The predicted octanol–water partition coefficient (Wildman–Crippen LogP) is -0.538. The summed E-state index contributed by atoms with van der Waals surface area (Å²) >= 11 is 0. The molecule has 0 atom stereocenters. The third-order valence-corrected chi connectivity index (χ3v) is 1.02. The summed E-state index contributed by atoms with van der Waals surface area (Å²) in [6.45, 7) is 0. The van der Waals surface area contributed by atoms with Gasteiger partial charge in [-0.3, -0.25) is 9.59 Å². The molecular formula is C5H6N2O4. The fourth-order valence-electron chi connectivity index (χ4n) is 0.460. The zero-order valence-corrected chi connectivity index (χ0v) is 5.47. The predicted molar refractivity (Wildman–Crippen MR) is 33.1 cm³/mol. The van der Waals surface area contributed by atoms with Gasteiger partial charge >= 0.3 is 11.9 Å². The fraction of sp³-hybridized carbons (Fsp3) is 0.400. The summed E-state index contributed by atoms with van der Waals surface area (Å²) in [5, 5.41) is 16.5. The summed E-state index contributed by atoms with van der Waals surface area (Å²) in [5.41, 5.74) is 7.86. The van der Waals surface area contributed by atoms with Gasteiger partial charge in [0.25, 0.3) is 6.21 Å². The standard InChI is InChI=1S/C5H6N2O4/c6-7-2-1-3(4(8)9)5(10)11/h2-3H,1H2,(H,8,9)(H,10,11). The van der Waals surface area contributed by atoms with Gasteiger partial charge in [0.1, 0.15) is 0 Å². The second-order valence-electron chi connectivity index (χ2n) is 1.76. The van der Waals surface area contributed by atoms with Crippen molar-refractivity contribution in [2.75, 3.05) is 0 Å². The van der Waals surface area contributed by atoms with E-state index >= 15 is 0 Å². The average molecular weight is 158 g/mol. The number of carboxylic acids is 2. The highest BCUT2D eigenvalue weighted by atomic mass is 16.4. The minimum Gasteiger partial charge on any atom is -0.481 e. The van der Waals surface area contributed by atoms with Crippen molar-refractivity contribution in [2.45, 2.75) is 6.42 Å². The Hall–Kier alpha value is -1.68. The number of carboxylic acid groups (broad SMARTS) is 2. The molecule has 6 heteroatoms. The Balaban J connectivity index is 4.22. The van der Waals surface area contributed by atoms with Gasteiger partial charge in [-0.05, 0) is 0 Å². The molecule has 0 rings (SSSR count). The first-order valence-electron chi connectivity index (χ1n) is 2.71. The van der Waals surface area contributed by atoms with Crippen molar-refractivity contribution in [1.82, 2.24) is 0 Å². The largest absolute Gasteiger partial charge is 0.481 e. The molecule has 60 valence electrons. The maximum atomic E-state index is 10.1. The van der Waals surface area contributed by atoms with Crippen molar-refractivity contribution in [1.29, 1.82) is 0 Å². The minimum absolute atomic E-state index is 0.318. The van der Waals surface area contributed by atoms with Crippen molar-refractivity contribution in [3.63, 3.8) is 0 Å². The van der Waals surface area contributed by atoms with Crippen LogP contribution in [0.25, 0.3) is 5.53 Å². The van der Waals surface area contributed by atoms with Crippen LogP contribution in [0.2, 0.25) is 0 Å². The van der Waals surface area contributed by atoms with Gasteiger partial charge in [-0.1, -0.05) is 0 Å². The topological polar surface area (TPSA) is 111 Å². The van der Waals surface area contributed by atoms with Crippen LogP contribution in [0.4, 0.5) is 0 Å². The lowest BCUT2D eigenvalue weighted by atomic mass is 10.1. The van der Waals surface area contributed by atoms with Crippen molar-refractivity contribution < 1.29 is 24.6 Å². The van der Waals surface area contributed by atoms with Gasteiger partial charge in [-0.15, -0.1) is 0 Å². The van der Waals surface area contributed by atoms with Crippen LogP contribution in [-0.4, -0.2) is 33.2 Å². The van der Waals surface area contributed by atoms with Crippen LogP contribution in [0.5, 0.6) is 0 Å². The molecule has 0 bridgehead atoms. The van der Waals surface area contributed by atoms with Crippen molar-refractivity contribution >= 4 is 18.2 Å². The molecule has 0 unspecified atom stereocenters. The van der Waals surface area contributed by atoms with Gasteiger partial charge in [0.15, 0.2) is 5.92 Å². The molecule has 0 saturated heterocycles. The van der Waals surface area contributed by atoms with E-state index in [9.17, 15) is 9.59 Å². The van der Waals surface area contributed by atoms with E-state index in [-0.39, 0.29) is 6.42 Å². The highest BCUT2D eigenvalue weighted by Crippen LogP contribution is 2.00. The van der Waals surface area contributed by atoms with Crippen LogP contribution in [0.1, 0.15) is 6.42 Å². The number of nitrogens with zero attached hydrogens (tertiary/aromatic N) is 2. The monoisotopic (exact) mass is 158 g/mol. The SMILES string of the molecule is [N-]=[N+]=CCC(C(=O)O)C(=O)O. The van der Waals surface area contributed by atoms with Gasteiger partial charge in [0.2, 0.25) is 0 Å². The van der Waals surface area contributed by atoms with E-state index in [0.29, 0.717) is 0 Å². The summed E-state index contributed by atoms with van der Waals surface area (Å²) in [6, 6.07) is 0. The Morgan fingerprint density at radius 1 is 1.45 bits per heavy atom. The molecular weight excluding hydrogens is 152 g/mol. The molecule has 11 heavy (non-hydrogen) atoms. The molecule has 0 radical (unpaired) electrons. The highest BCUT2D eigenvalue weighted by molar-refractivity contribution is 5.94. The van der Waals surface area contributed by atoms with E-state index in [2.05, 4.69) is 4.79 Å². The zero-order valence-electron chi connectivity index (χ0n) is 5.47. The van der Waals surface area contributed by atoms with Crippen molar-refractivity contribution in [3.8, 4) is 0 Å². The van der Waals surface area contributed by atoms with Gasteiger partial charge < -0.3 is 15.7 Å². The second-order valence-corrected chi connectivity index (χ2v) is 1.76. The zero-order chi connectivity index (χ0) is 8.85. The molecule has 0 aliphatic rings. The van der Waals surface area contributed by atoms with Gasteiger partial charge in [-0.25, -0.2) is 0 Å². The van der Waals surface area contributed by atoms with Gasteiger partial charge in [-0.2, -0.15) is 4.79 Å². The maximum Gasteiger partial charge on any atom is 0.318 e. The molecule has 0 aromatic heterocycles. The molecule has 0 saturated carbocycles. The van der Waals surface area contributed by atoms with Crippen LogP contribution in [-0.2, 0) is 9.59 Å². The first kappa shape index (κ1) is 9.32. The Morgan fingerprint density at radius 3 is 2.18 bits per heavy atom. The van der Waals surface area contributed by atoms with E-state index in [0.717, 1.165) is 6.21 Å². The first-order chi connectivity index (χ1) is 5.09. The van der Waals surface area contributed by atoms with Crippen LogP contribution in [0.15, 0.2) is 0 Å². The van der Waals surface area contributed by atoms with Crippen LogP contribution in [0.3, 0.4) is 0 Å². The summed E-state index contributed by atoms with van der Waals surface area (Å²) in [6.07, 6.45) is 0.508. The molecule has 2 N–H and O–H groups in total. The fourth-order valence-corrected chi connectivity index (χ4v) is 0.460. The van der Waals surface area contributed by atoms with Crippen LogP contribution < -0.4 is 0 Å². The number of rotatable bonds is 4. The summed E-state index contributed by atoms with van der Waals surface area (Å²) in [4.78, 5) is 22.7. The Kier molecular flexibility index (Phi) is 3.55. The average Bonchev–Trinajstić information content (AvgIpc) is 1.87. The number of aliphatic carboxylic acids is 2. The lowest BCUT2D eigenvalue weighted by Crippen LogP contribution is -2.23. The molecule has 0 aromatic carbocycles. The van der Waals surface area contributed by atoms with Crippen molar-refractivity contribution in [3.05, 3.63) is 5.53 Å². The van der Waals surface area contributed by atoms with E-state index in [1.807, 2.05) is 0 Å². The third-order valence-electron chi connectivity index (χ3n) is 1.02. The van der Waals surface area contributed by atoms with Gasteiger partial charge in [0.05, 0.1) is 6.42 Å². The van der Waals surface area contributed by atoms with E-state index < -0.39 is 17.9 Å². The molecule has 0 aliphatic heterocycles. The molecule has 6 nitrogen and oxygen atoms in total.